The minimum Gasteiger partial charge on any atom is -0.458 e. The fourth-order valence-corrected chi connectivity index (χ4v) is 1.58. The van der Waals surface area contributed by atoms with Crippen LogP contribution < -0.4 is 5.43 Å². The molecule has 0 aromatic carbocycles. The van der Waals surface area contributed by atoms with Crippen molar-refractivity contribution in [3.8, 4) is 11.6 Å². The summed E-state index contributed by atoms with van der Waals surface area (Å²) in [4.78, 5) is 15.4. The summed E-state index contributed by atoms with van der Waals surface area (Å²) in [6.07, 6.45) is 1.64. The average molecular weight is 215 g/mol. The third kappa shape index (κ3) is 1.33. The van der Waals surface area contributed by atoms with Crippen LogP contribution in [-0.2, 0) is 0 Å². The van der Waals surface area contributed by atoms with E-state index in [4.69, 9.17) is 4.42 Å². The first kappa shape index (κ1) is 8.96. The first-order valence-corrected chi connectivity index (χ1v) is 4.88. The summed E-state index contributed by atoms with van der Waals surface area (Å²) in [5.74, 6) is 2.09. The number of furan rings is 1. The SMILES string of the molecule is Cc1ccc(-c2nc3cc(=O)ccn3[nH]2)o1. The van der Waals surface area contributed by atoms with Gasteiger partial charge in [-0.05, 0) is 19.1 Å². The summed E-state index contributed by atoms with van der Waals surface area (Å²) in [6.45, 7) is 1.87. The minimum atomic E-state index is -0.0614. The predicted molar refractivity (Wildman–Crippen MR) is 58.3 cm³/mol. The van der Waals surface area contributed by atoms with Crippen LogP contribution in [0.25, 0.3) is 17.2 Å². The predicted octanol–water partition coefficient (Wildman–Crippen LogP) is 1.59. The van der Waals surface area contributed by atoms with Crippen LogP contribution in [0.5, 0.6) is 0 Å². The Hall–Kier alpha value is -2.30. The van der Waals surface area contributed by atoms with Crippen LogP contribution in [-0.4, -0.2) is 14.6 Å². The van der Waals surface area contributed by atoms with E-state index in [-0.39, 0.29) is 5.43 Å². The highest BCUT2D eigenvalue weighted by atomic mass is 16.3. The van der Waals surface area contributed by atoms with Crippen LogP contribution in [0, 0.1) is 6.92 Å². The van der Waals surface area contributed by atoms with E-state index in [1.165, 1.54) is 12.1 Å². The lowest BCUT2D eigenvalue weighted by molar-refractivity contribution is 0.544. The molecule has 0 saturated carbocycles. The second kappa shape index (κ2) is 3.10. The van der Waals surface area contributed by atoms with Crippen LogP contribution in [0.2, 0.25) is 0 Å². The lowest BCUT2D eigenvalue weighted by atomic mass is 10.4. The van der Waals surface area contributed by atoms with E-state index < -0.39 is 0 Å². The van der Waals surface area contributed by atoms with Crippen molar-refractivity contribution in [2.75, 3.05) is 0 Å². The molecule has 0 fully saturated rings. The summed E-state index contributed by atoms with van der Waals surface area (Å²) in [5.41, 5.74) is 0.519. The van der Waals surface area contributed by atoms with Crippen molar-refractivity contribution in [3.05, 3.63) is 46.4 Å². The van der Waals surface area contributed by atoms with Crippen molar-refractivity contribution in [2.24, 2.45) is 0 Å². The molecule has 1 N–H and O–H groups in total. The van der Waals surface area contributed by atoms with E-state index in [1.807, 2.05) is 19.1 Å². The van der Waals surface area contributed by atoms with Gasteiger partial charge in [-0.25, -0.2) is 9.50 Å². The fraction of sp³-hybridized carbons (Fsp3) is 0.0909. The molecule has 0 spiro atoms. The molecule has 5 heteroatoms. The van der Waals surface area contributed by atoms with Crippen LogP contribution in [0.15, 0.2) is 39.7 Å². The highest BCUT2D eigenvalue weighted by Crippen LogP contribution is 2.18. The summed E-state index contributed by atoms with van der Waals surface area (Å²) in [7, 11) is 0. The number of fused-ring (bicyclic) bond motifs is 1. The maximum Gasteiger partial charge on any atom is 0.190 e. The third-order valence-corrected chi connectivity index (χ3v) is 2.33. The Morgan fingerprint density at radius 3 is 3.00 bits per heavy atom. The van der Waals surface area contributed by atoms with Gasteiger partial charge in [-0.3, -0.25) is 9.89 Å². The standard InChI is InChI=1S/C11H9N3O2/c1-7-2-3-9(16-7)11-12-10-6-8(15)4-5-14(10)13-11/h2-6H,1H3,(H,12,13). The Morgan fingerprint density at radius 2 is 2.25 bits per heavy atom. The highest BCUT2D eigenvalue weighted by molar-refractivity contribution is 5.52. The van der Waals surface area contributed by atoms with Gasteiger partial charge in [-0.15, -0.1) is 0 Å². The number of rotatable bonds is 1. The van der Waals surface area contributed by atoms with Crippen LogP contribution in [0.4, 0.5) is 0 Å². The maximum absolute atomic E-state index is 11.1. The monoisotopic (exact) mass is 215 g/mol. The van der Waals surface area contributed by atoms with Crippen molar-refractivity contribution >= 4 is 5.65 Å². The van der Waals surface area contributed by atoms with E-state index >= 15 is 0 Å². The molecule has 80 valence electrons. The second-order valence-corrected chi connectivity index (χ2v) is 3.57. The number of H-pyrrole nitrogens is 1. The van der Waals surface area contributed by atoms with Crippen LogP contribution >= 0.6 is 0 Å². The molecule has 5 nitrogen and oxygen atoms in total. The Labute approximate surface area is 90.3 Å². The van der Waals surface area contributed by atoms with Gasteiger partial charge in [0.1, 0.15) is 5.76 Å². The van der Waals surface area contributed by atoms with Crippen molar-refractivity contribution in [1.82, 2.24) is 14.6 Å². The molecule has 0 aliphatic heterocycles. The number of nitrogens with zero attached hydrogens (tertiary/aromatic N) is 2. The summed E-state index contributed by atoms with van der Waals surface area (Å²) in [6, 6.07) is 6.65. The van der Waals surface area contributed by atoms with Gasteiger partial charge in [0, 0.05) is 18.3 Å². The number of aryl methyl sites for hydroxylation is 1. The summed E-state index contributed by atoms with van der Waals surface area (Å²) < 4.78 is 7.12. The molecule has 3 rings (SSSR count). The van der Waals surface area contributed by atoms with Gasteiger partial charge in [-0.2, -0.15) is 0 Å². The lowest BCUT2D eigenvalue weighted by Gasteiger charge is -1.88. The second-order valence-electron chi connectivity index (χ2n) is 3.57. The third-order valence-electron chi connectivity index (χ3n) is 2.33. The Kier molecular flexibility index (Phi) is 1.73. The average Bonchev–Trinajstić information content (AvgIpc) is 2.83. The largest absolute Gasteiger partial charge is 0.458 e. The quantitative estimate of drug-likeness (QED) is 0.670. The molecule has 3 aromatic heterocycles. The van der Waals surface area contributed by atoms with Gasteiger partial charge in [0.15, 0.2) is 22.7 Å². The zero-order valence-corrected chi connectivity index (χ0v) is 8.60. The maximum atomic E-state index is 11.1. The first-order valence-electron chi connectivity index (χ1n) is 4.88. The van der Waals surface area contributed by atoms with Gasteiger partial charge in [0.05, 0.1) is 0 Å². The number of hydrogen-bond donors (Lipinski definition) is 1. The number of pyridine rings is 1. The lowest BCUT2D eigenvalue weighted by Crippen LogP contribution is -1.98. The van der Waals surface area contributed by atoms with Gasteiger partial charge in [0.25, 0.3) is 0 Å². The van der Waals surface area contributed by atoms with Crippen molar-refractivity contribution in [3.63, 3.8) is 0 Å². The van der Waals surface area contributed by atoms with E-state index in [9.17, 15) is 4.79 Å². The molecule has 0 radical (unpaired) electrons. The molecule has 0 saturated heterocycles. The molecule has 0 aliphatic rings. The molecule has 0 bridgehead atoms. The molecule has 0 unspecified atom stereocenters. The van der Waals surface area contributed by atoms with Crippen molar-refractivity contribution in [2.45, 2.75) is 6.92 Å². The molecule has 0 aliphatic carbocycles. The van der Waals surface area contributed by atoms with Gasteiger partial charge < -0.3 is 4.42 Å². The van der Waals surface area contributed by atoms with Gasteiger partial charge >= 0.3 is 0 Å². The zero-order valence-electron chi connectivity index (χ0n) is 8.60. The minimum absolute atomic E-state index is 0.0614. The van der Waals surface area contributed by atoms with E-state index in [2.05, 4.69) is 10.1 Å². The normalized spacial score (nSPS) is 11.1. The molecule has 0 atom stereocenters. The van der Waals surface area contributed by atoms with E-state index in [0.29, 0.717) is 17.2 Å². The molecular formula is C11H9N3O2. The topological polar surface area (TPSA) is 63.3 Å². The first-order chi connectivity index (χ1) is 7.72. The van der Waals surface area contributed by atoms with Gasteiger partial charge in [-0.1, -0.05) is 0 Å². The molecule has 3 aromatic rings. The summed E-state index contributed by atoms with van der Waals surface area (Å²) in [5, 5.41) is 3.03. The Bertz CT molecular complexity index is 705. The van der Waals surface area contributed by atoms with E-state index in [0.717, 1.165) is 5.76 Å². The number of nitrogens with one attached hydrogen (secondary N) is 1. The molecule has 0 amide bonds. The van der Waals surface area contributed by atoms with Crippen LogP contribution in [0.3, 0.4) is 0 Å². The Balaban J connectivity index is 2.22. The smallest absolute Gasteiger partial charge is 0.190 e. The van der Waals surface area contributed by atoms with E-state index in [1.54, 1.807) is 10.7 Å². The number of aromatic amines is 1. The number of hydrogen-bond acceptors (Lipinski definition) is 3. The highest BCUT2D eigenvalue weighted by Gasteiger charge is 2.07. The molecule has 3 heterocycles. The van der Waals surface area contributed by atoms with Crippen molar-refractivity contribution < 1.29 is 4.42 Å². The molecular weight excluding hydrogens is 206 g/mol. The summed E-state index contributed by atoms with van der Waals surface area (Å²) >= 11 is 0. The van der Waals surface area contributed by atoms with Gasteiger partial charge in [0.2, 0.25) is 0 Å². The molecule has 16 heavy (non-hydrogen) atoms. The zero-order chi connectivity index (χ0) is 11.1. The van der Waals surface area contributed by atoms with Crippen LogP contribution in [0.1, 0.15) is 5.76 Å². The van der Waals surface area contributed by atoms with Crippen molar-refractivity contribution in [1.29, 1.82) is 0 Å². The Morgan fingerprint density at radius 1 is 1.38 bits per heavy atom. The fourth-order valence-electron chi connectivity index (χ4n) is 1.58. The number of aromatic nitrogens is 3.